The quantitative estimate of drug-likeness (QED) is 0.327. The van der Waals surface area contributed by atoms with Crippen LogP contribution in [0.15, 0.2) is 34.4 Å². The van der Waals surface area contributed by atoms with Crippen molar-refractivity contribution in [2.24, 2.45) is 0 Å². The number of carboxylic acids is 6. The van der Waals surface area contributed by atoms with Crippen LogP contribution in [0, 0.1) is 0 Å². The maximum absolute atomic E-state index is 10.5. The second-order valence-corrected chi connectivity index (χ2v) is 5.64. The summed E-state index contributed by atoms with van der Waals surface area (Å²) in [6.45, 7) is 2.51. The van der Waals surface area contributed by atoms with Crippen LogP contribution < -0.4 is 0 Å². The third kappa shape index (κ3) is 12.4. The predicted octanol–water partition coefficient (Wildman–Crippen LogP) is 1.23. The second-order valence-electron chi connectivity index (χ2n) is 5.64. The number of hydrogen-bond donors (Lipinski definition) is 6. The van der Waals surface area contributed by atoms with Gasteiger partial charge in [0.25, 0.3) is 0 Å². The molecule has 6 N–H and O–H groups in total. The second kappa shape index (κ2) is 14.1. The van der Waals surface area contributed by atoms with Crippen molar-refractivity contribution in [3.8, 4) is 0 Å². The minimum Gasteiger partial charge on any atom is -0.478 e. The van der Waals surface area contributed by atoms with Gasteiger partial charge in [-0.15, -0.1) is 0 Å². The first-order valence-electron chi connectivity index (χ1n) is 8.18. The summed E-state index contributed by atoms with van der Waals surface area (Å²) in [5, 5.41) is 49.5. The molecule has 1 rings (SSSR count). The average molecular weight is 430 g/mol. The normalized spacial score (nSPS) is 13.7. The Morgan fingerprint density at radius 2 is 0.867 bits per heavy atom. The molecule has 30 heavy (non-hydrogen) atoms. The first-order valence-corrected chi connectivity index (χ1v) is 8.18. The van der Waals surface area contributed by atoms with Crippen molar-refractivity contribution < 1.29 is 59.4 Å². The van der Waals surface area contributed by atoms with E-state index in [1.54, 1.807) is 0 Å². The zero-order valence-electron chi connectivity index (χ0n) is 16.1. The molecule has 12 heteroatoms. The summed E-state index contributed by atoms with van der Waals surface area (Å²) >= 11 is 0. The van der Waals surface area contributed by atoms with Crippen molar-refractivity contribution in [1.29, 1.82) is 0 Å². The van der Waals surface area contributed by atoms with Crippen LogP contribution in [0.3, 0.4) is 0 Å². The van der Waals surface area contributed by atoms with Crippen LogP contribution in [-0.4, -0.2) is 66.5 Å². The highest BCUT2D eigenvalue weighted by atomic mass is 16.4. The third-order valence-corrected chi connectivity index (χ3v) is 3.56. The van der Waals surface area contributed by atoms with Crippen molar-refractivity contribution in [2.75, 3.05) is 0 Å². The SMILES string of the molecule is CC(C(=O)O)=C(C)C(=O)O.O=C(O)C1=C(C(=O)O)CCCC1.O=C(O)C=CC(=O)O. The molecule has 0 spiro atoms. The van der Waals surface area contributed by atoms with Crippen LogP contribution in [0.5, 0.6) is 0 Å². The van der Waals surface area contributed by atoms with E-state index in [0.717, 1.165) is 12.8 Å². The van der Waals surface area contributed by atoms with Gasteiger partial charge in [-0.25, -0.2) is 28.8 Å². The summed E-state index contributed by atoms with van der Waals surface area (Å²) in [7, 11) is 0. The van der Waals surface area contributed by atoms with Gasteiger partial charge >= 0.3 is 35.8 Å². The van der Waals surface area contributed by atoms with Gasteiger partial charge in [0.15, 0.2) is 0 Å². The molecule has 166 valence electrons. The fourth-order valence-corrected chi connectivity index (χ4v) is 1.84. The minimum atomic E-state index is -1.26. The van der Waals surface area contributed by atoms with Crippen molar-refractivity contribution in [1.82, 2.24) is 0 Å². The lowest BCUT2D eigenvalue weighted by molar-refractivity contribution is -0.136. The molecular weight excluding hydrogens is 408 g/mol. The monoisotopic (exact) mass is 430 g/mol. The topological polar surface area (TPSA) is 224 Å². The molecule has 1 aliphatic rings. The van der Waals surface area contributed by atoms with E-state index in [1.165, 1.54) is 13.8 Å². The summed E-state index contributed by atoms with van der Waals surface area (Å²) in [4.78, 5) is 60.5. The van der Waals surface area contributed by atoms with Gasteiger partial charge in [-0.1, -0.05) is 0 Å². The summed E-state index contributed by atoms with van der Waals surface area (Å²) in [6, 6.07) is 0. The van der Waals surface area contributed by atoms with Gasteiger partial charge in [-0.05, 0) is 39.5 Å². The zero-order chi connectivity index (χ0) is 24.0. The lowest BCUT2D eigenvalue weighted by Crippen LogP contribution is -2.14. The highest BCUT2D eigenvalue weighted by molar-refractivity contribution is 5.99. The summed E-state index contributed by atoms with van der Waals surface area (Å²) in [5.41, 5.74) is -0.109. The van der Waals surface area contributed by atoms with E-state index in [-0.39, 0.29) is 22.3 Å². The molecule has 0 heterocycles. The molecular formula is C18H22O12. The minimum absolute atomic E-state index is 0.0775. The molecule has 0 fully saturated rings. The Kier molecular flexibility index (Phi) is 13.3. The zero-order valence-corrected chi connectivity index (χ0v) is 16.1. The van der Waals surface area contributed by atoms with Gasteiger partial charge in [0.05, 0.1) is 0 Å². The highest BCUT2D eigenvalue weighted by Crippen LogP contribution is 2.24. The van der Waals surface area contributed by atoms with Crippen LogP contribution >= 0.6 is 0 Å². The Balaban J connectivity index is 0. The van der Waals surface area contributed by atoms with E-state index < -0.39 is 35.8 Å². The number of carboxylic acid groups (broad SMARTS) is 6. The predicted molar refractivity (Wildman–Crippen MR) is 98.8 cm³/mol. The van der Waals surface area contributed by atoms with Crippen molar-refractivity contribution >= 4 is 35.8 Å². The van der Waals surface area contributed by atoms with Crippen molar-refractivity contribution in [2.45, 2.75) is 39.5 Å². The van der Waals surface area contributed by atoms with Gasteiger partial charge in [-0.3, -0.25) is 0 Å². The van der Waals surface area contributed by atoms with Gasteiger partial charge in [0, 0.05) is 34.4 Å². The number of carbonyl (C=O) groups is 6. The lowest BCUT2D eigenvalue weighted by Gasteiger charge is -2.13. The summed E-state index contributed by atoms with van der Waals surface area (Å²) in [6.07, 6.45) is 3.44. The van der Waals surface area contributed by atoms with Crippen LogP contribution in [-0.2, 0) is 28.8 Å². The van der Waals surface area contributed by atoms with Gasteiger partial charge in [-0.2, -0.15) is 0 Å². The van der Waals surface area contributed by atoms with E-state index in [1.807, 2.05) is 0 Å². The summed E-state index contributed by atoms with van der Waals surface area (Å²) < 4.78 is 0. The van der Waals surface area contributed by atoms with Crippen LogP contribution in [0.25, 0.3) is 0 Å². The molecule has 0 bridgehead atoms. The lowest BCUT2D eigenvalue weighted by atomic mass is 9.92. The molecule has 0 aromatic heterocycles. The van der Waals surface area contributed by atoms with Crippen molar-refractivity contribution in [3.05, 3.63) is 34.4 Å². The van der Waals surface area contributed by atoms with E-state index in [4.69, 9.17) is 30.6 Å². The van der Waals surface area contributed by atoms with Gasteiger partial charge in [0.2, 0.25) is 0 Å². The fraction of sp³-hybridized carbons (Fsp3) is 0.333. The molecule has 0 radical (unpaired) electrons. The Bertz CT molecular complexity index is 734. The first kappa shape index (κ1) is 28.3. The molecule has 12 nitrogen and oxygen atoms in total. The van der Waals surface area contributed by atoms with E-state index >= 15 is 0 Å². The van der Waals surface area contributed by atoms with E-state index in [0.29, 0.717) is 25.0 Å². The smallest absolute Gasteiger partial charge is 0.332 e. The molecule has 0 saturated heterocycles. The molecule has 0 aliphatic heterocycles. The first-order chi connectivity index (χ1) is 13.7. The van der Waals surface area contributed by atoms with Crippen LogP contribution in [0.2, 0.25) is 0 Å². The molecule has 0 aromatic carbocycles. The van der Waals surface area contributed by atoms with Gasteiger partial charge < -0.3 is 30.6 Å². The largest absolute Gasteiger partial charge is 0.478 e. The highest BCUT2D eigenvalue weighted by Gasteiger charge is 2.22. The Labute approximate surface area is 170 Å². The van der Waals surface area contributed by atoms with E-state index in [2.05, 4.69) is 0 Å². The fourth-order valence-electron chi connectivity index (χ4n) is 1.84. The number of aliphatic carboxylic acids is 6. The number of rotatable bonds is 6. The maximum Gasteiger partial charge on any atom is 0.332 e. The molecule has 0 aromatic rings. The van der Waals surface area contributed by atoms with Crippen LogP contribution in [0.1, 0.15) is 39.5 Å². The van der Waals surface area contributed by atoms with Crippen molar-refractivity contribution in [3.63, 3.8) is 0 Å². The van der Waals surface area contributed by atoms with Crippen LogP contribution in [0.4, 0.5) is 0 Å². The molecule has 0 amide bonds. The number of hydrogen-bond acceptors (Lipinski definition) is 6. The maximum atomic E-state index is 10.5. The summed E-state index contributed by atoms with van der Waals surface area (Å²) in [5.74, 6) is -7.08. The standard InChI is InChI=1S/C8H10O4.C6H8O4.C4H4O4/c9-7(10)5-3-1-2-4-6(5)8(11)12;1-3(5(7)8)4(2)6(9)10;5-3(6)1-2-4(7)8/h1-4H2,(H,9,10)(H,11,12);1-2H3,(H,7,8)(H,9,10);1-2H,(H,5,6)(H,7,8). The average Bonchev–Trinajstić information content (AvgIpc) is 2.65. The van der Waals surface area contributed by atoms with E-state index in [9.17, 15) is 28.8 Å². The molecule has 0 saturated carbocycles. The third-order valence-electron chi connectivity index (χ3n) is 3.56. The Hall–Kier alpha value is -3.96. The molecule has 1 aliphatic carbocycles. The van der Waals surface area contributed by atoms with Gasteiger partial charge in [0.1, 0.15) is 0 Å². The Morgan fingerprint density at radius 3 is 1.03 bits per heavy atom. The molecule has 0 unspecified atom stereocenters. The Morgan fingerprint density at radius 1 is 0.600 bits per heavy atom. The molecule has 0 atom stereocenters.